The molecule has 1 aliphatic rings. The second-order valence-corrected chi connectivity index (χ2v) is 8.21. The van der Waals surface area contributed by atoms with Crippen molar-refractivity contribution in [3.63, 3.8) is 0 Å². The first-order chi connectivity index (χ1) is 13.0. The fourth-order valence-electron chi connectivity index (χ4n) is 4.19. The molecule has 0 N–H and O–H groups in total. The maximum Gasteiger partial charge on any atom is 0.126 e. The summed E-state index contributed by atoms with van der Waals surface area (Å²) in [7, 11) is 0. The van der Waals surface area contributed by atoms with Crippen LogP contribution in [-0.2, 0) is 19.3 Å². The van der Waals surface area contributed by atoms with Crippen LogP contribution in [0, 0.1) is 25.6 Å². The average Bonchev–Trinajstić information content (AvgIpc) is 2.62. The van der Waals surface area contributed by atoms with Crippen LogP contribution in [0.4, 0.5) is 4.39 Å². The molecule has 1 aliphatic heterocycles. The van der Waals surface area contributed by atoms with Crippen LogP contribution in [0.15, 0.2) is 30.3 Å². The summed E-state index contributed by atoms with van der Waals surface area (Å²) in [6, 6.07) is 9.90. The highest BCUT2D eigenvalue weighted by Crippen LogP contribution is 2.22. The summed E-state index contributed by atoms with van der Waals surface area (Å²) in [5, 5.41) is 0. The van der Waals surface area contributed by atoms with Gasteiger partial charge in [-0.15, -0.1) is 0 Å². The summed E-state index contributed by atoms with van der Waals surface area (Å²) in [5.41, 5.74) is 5.32. The Morgan fingerprint density at radius 2 is 1.74 bits per heavy atom. The third-order valence-electron chi connectivity index (χ3n) is 5.68. The maximum atomic E-state index is 14.1. The molecule has 0 unspecified atom stereocenters. The van der Waals surface area contributed by atoms with Gasteiger partial charge in [-0.2, -0.15) is 0 Å². The molecular weight excluding hydrogens is 335 g/mol. The smallest absolute Gasteiger partial charge is 0.126 e. The van der Waals surface area contributed by atoms with Gasteiger partial charge in [0, 0.05) is 11.4 Å². The van der Waals surface area contributed by atoms with Crippen molar-refractivity contribution in [1.82, 2.24) is 9.88 Å². The molecule has 3 heteroatoms. The molecule has 0 bridgehead atoms. The van der Waals surface area contributed by atoms with Crippen molar-refractivity contribution in [1.29, 1.82) is 0 Å². The van der Waals surface area contributed by atoms with Crippen molar-refractivity contribution in [3.05, 3.63) is 64.2 Å². The molecule has 0 radical (unpaired) electrons. The first-order valence-electron chi connectivity index (χ1n) is 10.5. The van der Waals surface area contributed by atoms with Crippen molar-refractivity contribution in [2.45, 2.75) is 59.3 Å². The van der Waals surface area contributed by atoms with Crippen LogP contribution in [0.5, 0.6) is 0 Å². The molecule has 146 valence electrons. The second-order valence-electron chi connectivity index (χ2n) is 8.21. The highest BCUT2D eigenvalue weighted by Gasteiger charge is 2.19. The normalized spacial score (nSPS) is 16.0. The van der Waals surface area contributed by atoms with Gasteiger partial charge in [0.05, 0.1) is 0 Å². The number of halogens is 1. The van der Waals surface area contributed by atoms with Crippen LogP contribution in [0.1, 0.15) is 54.3 Å². The zero-order chi connectivity index (χ0) is 19.2. The largest absolute Gasteiger partial charge is 0.303 e. The van der Waals surface area contributed by atoms with Crippen molar-refractivity contribution in [2.75, 3.05) is 19.6 Å². The summed E-state index contributed by atoms with van der Waals surface area (Å²) in [4.78, 5) is 7.49. The van der Waals surface area contributed by atoms with Gasteiger partial charge in [-0.25, -0.2) is 4.39 Å². The molecule has 0 saturated carbocycles. The third kappa shape index (κ3) is 5.87. The molecule has 0 amide bonds. The molecule has 1 saturated heterocycles. The maximum absolute atomic E-state index is 14.1. The second kappa shape index (κ2) is 9.45. The number of aryl methyl sites for hydroxylation is 4. The zero-order valence-electron chi connectivity index (χ0n) is 17.1. The Bertz CT molecular complexity index is 748. The monoisotopic (exact) mass is 368 g/mol. The standard InChI is InChI=1S/C24H33FN2/c1-4-11-27-12-9-20(10-13-27)17-23-15-19(3)14-22(26-23)8-7-21-6-5-18(2)16-24(21)25/h5-6,14-16,20H,4,7-13,17H2,1-3H3. The van der Waals surface area contributed by atoms with Gasteiger partial charge in [0.2, 0.25) is 0 Å². The van der Waals surface area contributed by atoms with E-state index in [2.05, 4.69) is 30.9 Å². The first-order valence-corrected chi connectivity index (χ1v) is 10.5. The van der Waals surface area contributed by atoms with Gasteiger partial charge in [0.1, 0.15) is 5.82 Å². The Hall–Kier alpha value is -1.74. The van der Waals surface area contributed by atoms with E-state index in [0.29, 0.717) is 6.42 Å². The lowest BCUT2D eigenvalue weighted by Crippen LogP contribution is -2.34. The lowest BCUT2D eigenvalue weighted by molar-refractivity contribution is 0.184. The van der Waals surface area contributed by atoms with Crippen LogP contribution in [0.25, 0.3) is 0 Å². The summed E-state index contributed by atoms with van der Waals surface area (Å²) >= 11 is 0. The first kappa shape index (κ1) is 20.0. The quantitative estimate of drug-likeness (QED) is 0.660. The predicted molar refractivity (Wildman–Crippen MR) is 111 cm³/mol. The van der Waals surface area contributed by atoms with Crippen molar-refractivity contribution >= 4 is 0 Å². The number of likely N-dealkylation sites (tertiary alicyclic amines) is 1. The highest BCUT2D eigenvalue weighted by atomic mass is 19.1. The Morgan fingerprint density at radius 3 is 2.44 bits per heavy atom. The minimum absolute atomic E-state index is 0.0956. The predicted octanol–water partition coefficient (Wildman–Crippen LogP) is 5.29. The van der Waals surface area contributed by atoms with Crippen LogP contribution < -0.4 is 0 Å². The molecule has 0 aliphatic carbocycles. The van der Waals surface area contributed by atoms with E-state index in [1.807, 2.05) is 19.1 Å². The highest BCUT2D eigenvalue weighted by molar-refractivity contribution is 5.26. The number of rotatable bonds is 7. The van der Waals surface area contributed by atoms with Crippen molar-refractivity contribution < 1.29 is 4.39 Å². The Morgan fingerprint density at radius 1 is 1.00 bits per heavy atom. The number of aromatic nitrogens is 1. The zero-order valence-corrected chi connectivity index (χ0v) is 17.1. The van der Waals surface area contributed by atoms with E-state index in [0.717, 1.165) is 35.6 Å². The van der Waals surface area contributed by atoms with Crippen LogP contribution >= 0.6 is 0 Å². The van der Waals surface area contributed by atoms with E-state index in [-0.39, 0.29) is 5.82 Å². The molecule has 1 aromatic carbocycles. The van der Waals surface area contributed by atoms with E-state index < -0.39 is 0 Å². The number of benzene rings is 1. The average molecular weight is 369 g/mol. The van der Waals surface area contributed by atoms with Gasteiger partial charge in [0.25, 0.3) is 0 Å². The van der Waals surface area contributed by atoms with Crippen LogP contribution in [0.2, 0.25) is 0 Å². The molecule has 27 heavy (non-hydrogen) atoms. The van der Waals surface area contributed by atoms with Gasteiger partial charge in [0.15, 0.2) is 0 Å². The third-order valence-corrected chi connectivity index (χ3v) is 5.68. The van der Waals surface area contributed by atoms with Gasteiger partial charge >= 0.3 is 0 Å². The lowest BCUT2D eigenvalue weighted by atomic mass is 9.91. The Labute approximate surface area is 163 Å². The Kier molecular flexibility index (Phi) is 7.01. The summed E-state index contributed by atoms with van der Waals surface area (Å²) in [5.74, 6) is 0.650. The molecule has 3 rings (SSSR count). The minimum Gasteiger partial charge on any atom is -0.303 e. The van der Waals surface area contributed by atoms with Gasteiger partial charge in [-0.3, -0.25) is 4.98 Å². The molecule has 1 aromatic heterocycles. The summed E-state index contributed by atoms with van der Waals surface area (Å²) in [6.07, 6.45) is 6.38. The van der Waals surface area contributed by atoms with Gasteiger partial charge < -0.3 is 4.90 Å². The number of hydrogen-bond acceptors (Lipinski definition) is 2. The number of hydrogen-bond donors (Lipinski definition) is 0. The SMILES string of the molecule is CCCN1CCC(Cc2cc(C)cc(CCc3ccc(C)cc3F)n2)CC1. The summed E-state index contributed by atoms with van der Waals surface area (Å²) < 4.78 is 14.1. The van der Waals surface area contributed by atoms with E-state index in [1.165, 1.54) is 50.2 Å². The van der Waals surface area contributed by atoms with Crippen LogP contribution in [0.3, 0.4) is 0 Å². The van der Waals surface area contributed by atoms with Crippen molar-refractivity contribution in [2.24, 2.45) is 5.92 Å². The molecule has 1 fully saturated rings. The fraction of sp³-hybridized carbons (Fsp3) is 0.542. The minimum atomic E-state index is -0.0956. The van der Waals surface area contributed by atoms with Crippen LogP contribution in [-0.4, -0.2) is 29.5 Å². The molecular formula is C24H33FN2. The topological polar surface area (TPSA) is 16.1 Å². The molecule has 0 atom stereocenters. The van der Waals surface area contributed by atoms with E-state index in [1.54, 1.807) is 6.07 Å². The lowest BCUT2D eigenvalue weighted by Gasteiger charge is -2.31. The summed E-state index contributed by atoms with van der Waals surface area (Å²) in [6.45, 7) is 10.0. The Balaban J connectivity index is 1.59. The van der Waals surface area contributed by atoms with E-state index in [4.69, 9.17) is 4.98 Å². The van der Waals surface area contributed by atoms with Crippen molar-refractivity contribution in [3.8, 4) is 0 Å². The number of nitrogens with zero attached hydrogens (tertiary/aromatic N) is 2. The van der Waals surface area contributed by atoms with Gasteiger partial charge in [-0.05, 0) is 113 Å². The molecule has 2 aromatic rings. The van der Waals surface area contributed by atoms with E-state index in [9.17, 15) is 4.39 Å². The molecule has 0 spiro atoms. The van der Waals surface area contributed by atoms with E-state index >= 15 is 0 Å². The van der Waals surface area contributed by atoms with Gasteiger partial charge in [-0.1, -0.05) is 19.1 Å². The molecule has 2 nitrogen and oxygen atoms in total. The number of pyridine rings is 1. The fourth-order valence-corrected chi connectivity index (χ4v) is 4.19. The number of piperidine rings is 1. The molecule has 2 heterocycles.